The number of carboxylic acid groups (broad SMARTS) is 2. The number of hydrogen-bond acceptors (Lipinski definition) is 2. The van der Waals surface area contributed by atoms with Gasteiger partial charge in [-0.2, -0.15) is 0 Å². The summed E-state index contributed by atoms with van der Waals surface area (Å²) in [6, 6.07) is 0. The van der Waals surface area contributed by atoms with Crippen LogP contribution in [0.1, 0.15) is 78.6 Å². The summed E-state index contributed by atoms with van der Waals surface area (Å²) in [6.07, 6.45) is 10.6. The van der Waals surface area contributed by atoms with E-state index >= 15 is 0 Å². The van der Waals surface area contributed by atoms with Crippen LogP contribution >= 0.6 is 0 Å². The Labute approximate surface area is 140 Å². The zero-order valence-electron chi connectivity index (χ0n) is 14.8. The van der Waals surface area contributed by atoms with Gasteiger partial charge in [-0.15, -0.1) is 0 Å². The van der Waals surface area contributed by atoms with E-state index < -0.39 is 22.8 Å². The molecule has 0 heterocycles. The predicted molar refractivity (Wildman–Crippen MR) is 91.3 cm³/mol. The lowest BCUT2D eigenvalue weighted by atomic mass is 9.50. The van der Waals surface area contributed by atoms with Gasteiger partial charge in [0.2, 0.25) is 0 Å². The van der Waals surface area contributed by atoms with Gasteiger partial charge in [0.1, 0.15) is 0 Å². The summed E-state index contributed by atoms with van der Waals surface area (Å²) >= 11 is 0. The average molecular weight is 324 g/mol. The van der Waals surface area contributed by atoms with Gasteiger partial charge >= 0.3 is 11.9 Å². The average Bonchev–Trinajstić information content (AvgIpc) is 2.51. The summed E-state index contributed by atoms with van der Waals surface area (Å²) in [5, 5.41) is 20.0. The van der Waals surface area contributed by atoms with Crippen molar-refractivity contribution in [2.24, 2.45) is 16.7 Å². The molecule has 0 saturated heterocycles. The second kappa shape index (κ2) is 8.51. The molecule has 0 aliphatic heterocycles. The fraction of sp³-hybridized carbons (Fsp3) is 0.789. The highest BCUT2D eigenvalue weighted by Gasteiger charge is 2.62. The van der Waals surface area contributed by atoms with Crippen LogP contribution in [-0.4, -0.2) is 22.2 Å². The van der Waals surface area contributed by atoms with E-state index in [1.807, 2.05) is 26.0 Å². The molecule has 0 aromatic carbocycles. The Bertz CT molecular complexity index is 443. The molecule has 0 aromatic heterocycles. The molecular weight excluding hydrogens is 292 g/mol. The molecule has 0 radical (unpaired) electrons. The van der Waals surface area contributed by atoms with Crippen molar-refractivity contribution in [3.63, 3.8) is 0 Å². The van der Waals surface area contributed by atoms with E-state index in [9.17, 15) is 19.8 Å². The van der Waals surface area contributed by atoms with Crippen molar-refractivity contribution >= 4 is 11.9 Å². The number of carbonyl (C=O) groups is 2. The van der Waals surface area contributed by atoms with Crippen LogP contribution in [0.4, 0.5) is 0 Å². The zero-order chi connectivity index (χ0) is 17.5. The van der Waals surface area contributed by atoms with Crippen molar-refractivity contribution in [1.29, 1.82) is 0 Å². The fourth-order valence-corrected chi connectivity index (χ4v) is 4.37. The molecule has 1 aliphatic carbocycles. The van der Waals surface area contributed by atoms with Crippen LogP contribution in [0.15, 0.2) is 12.2 Å². The van der Waals surface area contributed by atoms with Crippen LogP contribution < -0.4 is 0 Å². The van der Waals surface area contributed by atoms with E-state index in [0.717, 1.165) is 32.1 Å². The van der Waals surface area contributed by atoms with E-state index in [4.69, 9.17) is 0 Å². The molecule has 0 saturated carbocycles. The molecule has 0 bridgehead atoms. The standard InChI is InChI=1S/C19H32O4/c1-4-6-7-8-11-15(3)19(17(22)23)14-10-9-13-18(19,12-5-2)16(20)21/h9-10,15H,4-8,11-14H2,1-3H3,(H,20,21)(H,22,23). The maximum Gasteiger partial charge on any atom is 0.311 e. The minimum Gasteiger partial charge on any atom is -0.481 e. The molecular formula is C19H32O4. The van der Waals surface area contributed by atoms with Gasteiger partial charge in [0.25, 0.3) is 0 Å². The van der Waals surface area contributed by atoms with Gasteiger partial charge in [0.15, 0.2) is 0 Å². The van der Waals surface area contributed by atoms with E-state index in [0.29, 0.717) is 25.7 Å². The van der Waals surface area contributed by atoms with Gasteiger partial charge in [-0.25, -0.2) is 0 Å². The summed E-state index contributed by atoms with van der Waals surface area (Å²) in [5.41, 5.74) is -2.39. The third kappa shape index (κ3) is 3.61. The highest BCUT2D eigenvalue weighted by molar-refractivity contribution is 5.87. The smallest absolute Gasteiger partial charge is 0.311 e. The lowest BCUT2D eigenvalue weighted by Gasteiger charge is -2.50. The van der Waals surface area contributed by atoms with Gasteiger partial charge in [-0.3, -0.25) is 9.59 Å². The van der Waals surface area contributed by atoms with Crippen molar-refractivity contribution in [1.82, 2.24) is 0 Å². The van der Waals surface area contributed by atoms with Crippen LogP contribution in [-0.2, 0) is 9.59 Å². The van der Waals surface area contributed by atoms with Crippen LogP contribution in [0.5, 0.6) is 0 Å². The number of aliphatic carboxylic acids is 2. The molecule has 0 fully saturated rings. The normalized spacial score (nSPS) is 28.5. The van der Waals surface area contributed by atoms with E-state index in [1.165, 1.54) is 0 Å². The highest BCUT2D eigenvalue weighted by Crippen LogP contribution is 2.57. The Morgan fingerprint density at radius 3 is 2.17 bits per heavy atom. The molecule has 4 heteroatoms. The van der Waals surface area contributed by atoms with Crippen molar-refractivity contribution in [2.45, 2.75) is 78.6 Å². The Balaban J connectivity index is 3.18. The van der Waals surface area contributed by atoms with Gasteiger partial charge in [0.05, 0.1) is 10.8 Å². The maximum atomic E-state index is 12.3. The molecule has 0 aromatic rings. The van der Waals surface area contributed by atoms with E-state index in [2.05, 4.69) is 6.92 Å². The van der Waals surface area contributed by atoms with Crippen molar-refractivity contribution in [3.8, 4) is 0 Å². The van der Waals surface area contributed by atoms with Crippen LogP contribution in [0.2, 0.25) is 0 Å². The molecule has 3 unspecified atom stereocenters. The highest BCUT2D eigenvalue weighted by atomic mass is 16.4. The quantitative estimate of drug-likeness (QED) is 0.443. The lowest BCUT2D eigenvalue weighted by molar-refractivity contribution is -0.182. The number of allylic oxidation sites excluding steroid dienone is 2. The van der Waals surface area contributed by atoms with Crippen LogP contribution in [0.3, 0.4) is 0 Å². The van der Waals surface area contributed by atoms with Crippen molar-refractivity contribution in [3.05, 3.63) is 12.2 Å². The van der Waals surface area contributed by atoms with E-state index in [1.54, 1.807) is 0 Å². The molecule has 1 rings (SSSR count). The third-order valence-electron chi connectivity index (χ3n) is 5.73. The van der Waals surface area contributed by atoms with Crippen molar-refractivity contribution < 1.29 is 19.8 Å². The molecule has 23 heavy (non-hydrogen) atoms. The molecule has 0 spiro atoms. The largest absolute Gasteiger partial charge is 0.481 e. The van der Waals surface area contributed by atoms with Crippen LogP contribution in [0.25, 0.3) is 0 Å². The topological polar surface area (TPSA) is 74.6 Å². The Morgan fingerprint density at radius 2 is 1.65 bits per heavy atom. The number of rotatable bonds is 10. The summed E-state index contributed by atoms with van der Waals surface area (Å²) in [5.74, 6) is -2.04. The first-order valence-electron chi connectivity index (χ1n) is 9.00. The molecule has 1 aliphatic rings. The first kappa shape index (κ1) is 19.7. The minimum absolute atomic E-state index is 0.149. The summed E-state index contributed by atoms with van der Waals surface area (Å²) in [4.78, 5) is 24.5. The van der Waals surface area contributed by atoms with Gasteiger partial charge in [-0.05, 0) is 31.6 Å². The van der Waals surface area contributed by atoms with Gasteiger partial charge < -0.3 is 10.2 Å². The lowest BCUT2D eigenvalue weighted by Crippen LogP contribution is -2.56. The maximum absolute atomic E-state index is 12.3. The van der Waals surface area contributed by atoms with Gasteiger partial charge in [0, 0.05) is 0 Å². The second-order valence-electron chi connectivity index (χ2n) is 7.04. The summed E-state index contributed by atoms with van der Waals surface area (Å²) in [7, 11) is 0. The summed E-state index contributed by atoms with van der Waals surface area (Å²) < 4.78 is 0. The molecule has 2 N–H and O–H groups in total. The number of carboxylic acids is 2. The number of hydrogen-bond donors (Lipinski definition) is 2. The van der Waals surface area contributed by atoms with Gasteiger partial charge in [-0.1, -0.05) is 65.0 Å². The molecule has 0 amide bonds. The van der Waals surface area contributed by atoms with Crippen LogP contribution in [0, 0.1) is 16.7 Å². The Kier molecular flexibility index (Phi) is 7.30. The number of unbranched alkanes of at least 4 members (excludes halogenated alkanes) is 3. The second-order valence-corrected chi connectivity index (χ2v) is 7.04. The fourth-order valence-electron chi connectivity index (χ4n) is 4.37. The minimum atomic E-state index is -1.20. The first-order chi connectivity index (χ1) is 10.9. The Morgan fingerprint density at radius 1 is 1.00 bits per heavy atom. The van der Waals surface area contributed by atoms with E-state index in [-0.39, 0.29) is 5.92 Å². The molecule has 132 valence electrons. The van der Waals surface area contributed by atoms with Crippen molar-refractivity contribution in [2.75, 3.05) is 0 Å². The monoisotopic (exact) mass is 324 g/mol. The predicted octanol–water partition coefficient (Wildman–Crippen LogP) is 4.89. The first-order valence-corrected chi connectivity index (χ1v) is 9.00. The third-order valence-corrected chi connectivity index (χ3v) is 5.73. The molecule has 4 nitrogen and oxygen atoms in total. The summed E-state index contributed by atoms with van der Waals surface area (Å²) in [6.45, 7) is 6.01. The Hall–Kier alpha value is -1.32. The zero-order valence-corrected chi connectivity index (χ0v) is 14.8. The molecule has 3 atom stereocenters. The SMILES string of the molecule is CCCCCCC(C)C1(C(=O)O)CC=CCC1(CCC)C(=O)O.